The maximum Gasteiger partial charge on any atom is 0.415 e. The Kier molecular flexibility index (Phi) is 4.39. The molecule has 1 fully saturated rings. The fourth-order valence-electron chi connectivity index (χ4n) is 2.61. The monoisotopic (exact) mass is 297 g/mol. The highest BCUT2D eigenvalue weighted by Crippen LogP contribution is 2.25. The number of carbonyl (C=O) groups is 1. The molecule has 1 amide bonds. The lowest BCUT2D eigenvalue weighted by molar-refractivity contribution is -0.0700. The summed E-state index contributed by atoms with van der Waals surface area (Å²) in [6.45, 7) is 3.01. The third kappa shape index (κ3) is 3.46. The van der Waals surface area contributed by atoms with Crippen molar-refractivity contribution in [3.63, 3.8) is 0 Å². The van der Waals surface area contributed by atoms with Crippen molar-refractivity contribution in [1.82, 2.24) is 4.90 Å². The van der Waals surface area contributed by atoms with Gasteiger partial charge in [-0.15, -0.1) is 0 Å². The van der Waals surface area contributed by atoms with Gasteiger partial charge in [0.15, 0.2) is 0 Å². The van der Waals surface area contributed by atoms with E-state index in [0.717, 1.165) is 5.56 Å². The van der Waals surface area contributed by atoms with Crippen LogP contribution >= 0.6 is 0 Å². The second kappa shape index (κ2) is 6.62. The Balaban J connectivity index is 1.69. The Bertz CT molecular complexity index is 615. The van der Waals surface area contributed by atoms with Crippen LogP contribution in [-0.4, -0.2) is 30.2 Å². The Morgan fingerprint density at radius 2 is 1.68 bits per heavy atom. The highest BCUT2D eigenvalue weighted by atomic mass is 16.6. The molecule has 1 aliphatic rings. The second-order valence-corrected chi connectivity index (χ2v) is 5.43. The van der Waals surface area contributed by atoms with Crippen molar-refractivity contribution in [2.24, 2.45) is 0 Å². The maximum absolute atomic E-state index is 12.3. The minimum absolute atomic E-state index is 0.0257. The molecule has 3 rings (SSSR count). The largest absolute Gasteiger partial charge is 0.415 e. The minimum Gasteiger partial charge on any atom is -0.410 e. The summed E-state index contributed by atoms with van der Waals surface area (Å²) in [5.74, 6) is 0.558. The molecular weight excluding hydrogens is 278 g/mol. The van der Waals surface area contributed by atoms with Gasteiger partial charge in [0.2, 0.25) is 0 Å². The van der Waals surface area contributed by atoms with E-state index >= 15 is 0 Å². The van der Waals surface area contributed by atoms with Crippen molar-refractivity contribution in [3.8, 4) is 5.75 Å². The third-order valence-corrected chi connectivity index (χ3v) is 3.64. The van der Waals surface area contributed by atoms with E-state index in [9.17, 15) is 4.79 Å². The zero-order valence-electron chi connectivity index (χ0n) is 12.5. The van der Waals surface area contributed by atoms with Crippen molar-refractivity contribution in [3.05, 3.63) is 66.2 Å². The Hall–Kier alpha value is -2.33. The Morgan fingerprint density at radius 1 is 1.05 bits per heavy atom. The summed E-state index contributed by atoms with van der Waals surface area (Å²) in [4.78, 5) is 14.0. The molecule has 2 atom stereocenters. The molecule has 1 heterocycles. The van der Waals surface area contributed by atoms with Crippen LogP contribution in [0.25, 0.3) is 0 Å². The van der Waals surface area contributed by atoms with Gasteiger partial charge in [0, 0.05) is 0 Å². The summed E-state index contributed by atoms with van der Waals surface area (Å²) in [6, 6.07) is 19.1. The van der Waals surface area contributed by atoms with Crippen LogP contribution in [0.4, 0.5) is 4.79 Å². The van der Waals surface area contributed by atoms with Crippen LogP contribution in [0.1, 0.15) is 18.6 Å². The van der Waals surface area contributed by atoms with Gasteiger partial charge in [-0.25, -0.2) is 4.79 Å². The maximum atomic E-state index is 12.3. The zero-order valence-corrected chi connectivity index (χ0v) is 12.5. The number of hydrogen-bond donors (Lipinski definition) is 0. The molecule has 114 valence electrons. The molecule has 0 aliphatic carbocycles. The first kappa shape index (κ1) is 14.6. The van der Waals surface area contributed by atoms with Crippen LogP contribution in [0.15, 0.2) is 60.7 Å². The molecule has 1 aliphatic heterocycles. The van der Waals surface area contributed by atoms with Gasteiger partial charge < -0.3 is 14.4 Å². The van der Waals surface area contributed by atoms with Crippen LogP contribution < -0.4 is 4.74 Å². The quantitative estimate of drug-likeness (QED) is 0.849. The molecule has 0 N–H and O–H groups in total. The number of hydrogen-bond acceptors (Lipinski definition) is 3. The van der Waals surface area contributed by atoms with Gasteiger partial charge in [-0.3, -0.25) is 0 Å². The standard InChI is InChI=1S/C18H19NO3/c1-14-12-19(18(20)22-16-10-6-3-7-11-16)13-17(21-14)15-8-4-2-5-9-15/h2-11,14,17H,12-13H2,1H3. The molecule has 4 nitrogen and oxygen atoms in total. The lowest BCUT2D eigenvalue weighted by atomic mass is 10.1. The number of nitrogens with zero attached hydrogens (tertiary/aromatic N) is 1. The van der Waals surface area contributed by atoms with Gasteiger partial charge >= 0.3 is 6.09 Å². The topological polar surface area (TPSA) is 38.8 Å². The number of amides is 1. The summed E-state index contributed by atoms with van der Waals surface area (Å²) >= 11 is 0. The third-order valence-electron chi connectivity index (χ3n) is 3.64. The number of morpholine rings is 1. The number of carbonyl (C=O) groups excluding carboxylic acids is 1. The van der Waals surface area contributed by atoms with Crippen molar-refractivity contribution in [1.29, 1.82) is 0 Å². The highest BCUT2D eigenvalue weighted by molar-refractivity contribution is 5.70. The smallest absolute Gasteiger partial charge is 0.410 e. The van der Waals surface area contributed by atoms with E-state index in [4.69, 9.17) is 9.47 Å². The molecule has 0 bridgehead atoms. The van der Waals surface area contributed by atoms with Crippen molar-refractivity contribution in [2.75, 3.05) is 13.1 Å². The first-order chi connectivity index (χ1) is 10.7. The normalized spacial score (nSPS) is 21.4. The van der Waals surface area contributed by atoms with Crippen LogP contribution in [0, 0.1) is 0 Å². The average molecular weight is 297 g/mol. The number of rotatable bonds is 2. The van der Waals surface area contributed by atoms with Crippen LogP contribution in [0.3, 0.4) is 0 Å². The predicted octanol–water partition coefficient (Wildman–Crippen LogP) is 3.65. The molecule has 2 aromatic rings. The Labute approximate surface area is 130 Å². The van der Waals surface area contributed by atoms with Crippen molar-refractivity contribution >= 4 is 6.09 Å². The van der Waals surface area contributed by atoms with E-state index < -0.39 is 0 Å². The average Bonchev–Trinajstić information content (AvgIpc) is 2.56. The minimum atomic E-state index is -0.331. The van der Waals surface area contributed by atoms with Crippen LogP contribution in [-0.2, 0) is 4.74 Å². The van der Waals surface area contributed by atoms with E-state index in [0.29, 0.717) is 18.8 Å². The van der Waals surface area contributed by atoms with Crippen molar-refractivity contribution < 1.29 is 14.3 Å². The van der Waals surface area contributed by atoms with E-state index in [-0.39, 0.29) is 18.3 Å². The molecule has 0 radical (unpaired) electrons. The van der Waals surface area contributed by atoms with E-state index in [1.165, 1.54) is 0 Å². The molecule has 2 aromatic carbocycles. The molecular formula is C18H19NO3. The SMILES string of the molecule is CC1CN(C(=O)Oc2ccccc2)CC(c2ccccc2)O1. The molecule has 1 saturated heterocycles. The number of ether oxygens (including phenoxy) is 2. The molecule has 22 heavy (non-hydrogen) atoms. The van der Waals surface area contributed by atoms with E-state index in [1.54, 1.807) is 17.0 Å². The Morgan fingerprint density at radius 3 is 2.36 bits per heavy atom. The second-order valence-electron chi connectivity index (χ2n) is 5.43. The van der Waals surface area contributed by atoms with Gasteiger partial charge in [0.1, 0.15) is 11.9 Å². The van der Waals surface area contributed by atoms with Gasteiger partial charge in [-0.05, 0) is 24.6 Å². The summed E-state index contributed by atoms with van der Waals surface area (Å²) in [6.07, 6.45) is -0.474. The summed E-state index contributed by atoms with van der Waals surface area (Å²) in [7, 11) is 0. The molecule has 0 saturated carbocycles. The zero-order chi connectivity index (χ0) is 15.4. The van der Waals surface area contributed by atoms with Gasteiger partial charge in [0.25, 0.3) is 0 Å². The highest BCUT2D eigenvalue weighted by Gasteiger charge is 2.30. The lowest BCUT2D eigenvalue weighted by Crippen LogP contribution is -2.47. The molecule has 0 spiro atoms. The summed E-state index contributed by atoms with van der Waals surface area (Å²) in [5, 5.41) is 0. The van der Waals surface area contributed by atoms with Gasteiger partial charge in [0.05, 0.1) is 19.2 Å². The summed E-state index contributed by atoms with van der Waals surface area (Å²) in [5.41, 5.74) is 1.08. The fourth-order valence-corrected chi connectivity index (χ4v) is 2.61. The molecule has 2 unspecified atom stereocenters. The summed E-state index contributed by atoms with van der Waals surface area (Å²) < 4.78 is 11.4. The fraction of sp³-hybridized carbons (Fsp3) is 0.278. The van der Waals surface area contributed by atoms with Gasteiger partial charge in [-0.2, -0.15) is 0 Å². The molecule has 4 heteroatoms. The van der Waals surface area contributed by atoms with E-state index in [2.05, 4.69) is 0 Å². The molecule has 0 aromatic heterocycles. The lowest BCUT2D eigenvalue weighted by Gasteiger charge is -2.36. The predicted molar refractivity (Wildman–Crippen MR) is 83.8 cm³/mol. The van der Waals surface area contributed by atoms with E-state index in [1.807, 2.05) is 55.5 Å². The van der Waals surface area contributed by atoms with Crippen LogP contribution in [0.2, 0.25) is 0 Å². The van der Waals surface area contributed by atoms with Crippen molar-refractivity contribution in [2.45, 2.75) is 19.1 Å². The first-order valence-electron chi connectivity index (χ1n) is 7.44. The van der Waals surface area contributed by atoms with Gasteiger partial charge in [-0.1, -0.05) is 48.5 Å². The first-order valence-corrected chi connectivity index (χ1v) is 7.44. The number of benzene rings is 2. The van der Waals surface area contributed by atoms with Crippen LogP contribution in [0.5, 0.6) is 5.75 Å². The number of para-hydroxylation sites is 1.